The molecule has 7 heteroatoms. The molecule has 0 saturated heterocycles. The number of thiophene rings is 1. The predicted molar refractivity (Wildman–Crippen MR) is 71.2 cm³/mol. The van der Waals surface area contributed by atoms with E-state index in [1.165, 1.54) is 22.8 Å². The molecule has 0 atom stereocenters. The Kier molecular flexibility index (Phi) is 6.80. The van der Waals surface area contributed by atoms with Gasteiger partial charge < -0.3 is 9.84 Å². The number of unbranched alkanes of at least 4 members (excludes halogenated alkanes) is 1. The number of nitrogens with one attached hydrogen (secondary N) is 1. The summed E-state index contributed by atoms with van der Waals surface area (Å²) in [4.78, 5) is 0.833. The van der Waals surface area contributed by atoms with Crippen LogP contribution >= 0.6 is 11.3 Å². The fourth-order valence-electron chi connectivity index (χ4n) is 1.26. The minimum Gasteiger partial charge on any atom is -0.391 e. The number of hydrogen-bond acceptors (Lipinski definition) is 5. The lowest BCUT2D eigenvalue weighted by Crippen LogP contribution is -2.27. The zero-order chi connectivity index (χ0) is 13.4. The van der Waals surface area contributed by atoms with Crippen molar-refractivity contribution < 1.29 is 18.3 Å². The van der Waals surface area contributed by atoms with Crippen LogP contribution in [0.4, 0.5) is 0 Å². The molecule has 104 valence electrons. The van der Waals surface area contributed by atoms with Gasteiger partial charge in [0.15, 0.2) is 0 Å². The van der Waals surface area contributed by atoms with Crippen molar-refractivity contribution in [1.29, 1.82) is 0 Å². The van der Waals surface area contributed by atoms with Crippen LogP contribution in [0.5, 0.6) is 0 Å². The van der Waals surface area contributed by atoms with E-state index < -0.39 is 10.0 Å². The molecule has 0 spiro atoms. The fourth-order valence-corrected chi connectivity index (χ4v) is 3.41. The van der Waals surface area contributed by atoms with Crippen LogP contribution in [0.15, 0.2) is 16.3 Å². The SMILES string of the molecule is CCCCOCCNS(=O)(=O)c1csc(CO)c1. The van der Waals surface area contributed by atoms with Crippen molar-refractivity contribution in [2.24, 2.45) is 0 Å². The van der Waals surface area contributed by atoms with Gasteiger partial charge in [0.2, 0.25) is 10.0 Å². The van der Waals surface area contributed by atoms with Gasteiger partial charge in [0.1, 0.15) is 0 Å². The van der Waals surface area contributed by atoms with Gasteiger partial charge in [0, 0.05) is 23.4 Å². The Morgan fingerprint density at radius 1 is 1.44 bits per heavy atom. The van der Waals surface area contributed by atoms with Crippen LogP contribution in [-0.2, 0) is 21.4 Å². The minimum atomic E-state index is -3.47. The highest BCUT2D eigenvalue weighted by Crippen LogP contribution is 2.18. The third kappa shape index (κ3) is 5.03. The quantitative estimate of drug-likeness (QED) is 0.674. The molecule has 1 heterocycles. The zero-order valence-electron chi connectivity index (χ0n) is 10.4. The van der Waals surface area contributed by atoms with Crippen molar-refractivity contribution in [2.45, 2.75) is 31.3 Å². The molecule has 0 radical (unpaired) electrons. The summed E-state index contributed by atoms with van der Waals surface area (Å²) in [7, 11) is -3.47. The first-order chi connectivity index (χ1) is 8.60. The first kappa shape index (κ1) is 15.6. The highest BCUT2D eigenvalue weighted by Gasteiger charge is 2.15. The highest BCUT2D eigenvalue weighted by molar-refractivity contribution is 7.89. The Bertz CT molecular complexity index is 442. The van der Waals surface area contributed by atoms with Crippen LogP contribution in [0.25, 0.3) is 0 Å². The Labute approximate surface area is 112 Å². The normalized spacial score (nSPS) is 11.9. The minimum absolute atomic E-state index is 0.139. The smallest absolute Gasteiger partial charge is 0.241 e. The summed E-state index contributed by atoms with van der Waals surface area (Å²) in [6.07, 6.45) is 2.04. The van der Waals surface area contributed by atoms with Crippen molar-refractivity contribution in [3.63, 3.8) is 0 Å². The Hall–Kier alpha value is -0.470. The molecule has 0 bridgehead atoms. The maximum absolute atomic E-state index is 11.8. The van der Waals surface area contributed by atoms with E-state index in [9.17, 15) is 8.42 Å². The third-order valence-electron chi connectivity index (χ3n) is 2.28. The average Bonchev–Trinajstić information content (AvgIpc) is 2.83. The van der Waals surface area contributed by atoms with Crippen molar-refractivity contribution in [3.05, 3.63) is 16.3 Å². The van der Waals surface area contributed by atoms with E-state index in [0.29, 0.717) is 18.1 Å². The second-order valence-corrected chi connectivity index (χ2v) is 6.53. The molecule has 0 aliphatic rings. The van der Waals surface area contributed by atoms with Crippen LogP contribution in [0.1, 0.15) is 24.6 Å². The van der Waals surface area contributed by atoms with Crippen LogP contribution < -0.4 is 4.72 Å². The van der Waals surface area contributed by atoms with Gasteiger partial charge in [-0.2, -0.15) is 0 Å². The molecule has 1 aromatic rings. The summed E-state index contributed by atoms with van der Waals surface area (Å²) in [5, 5.41) is 10.4. The van der Waals surface area contributed by atoms with E-state index in [2.05, 4.69) is 11.6 Å². The summed E-state index contributed by atoms with van der Waals surface area (Å²) in [6.45, 7) is 3.22. The number of hydrogen-bond donors (Lipinski definition) is 2. The lowest BCUT2D eigenvalue weighted by Gasteiger charge is -2.05. The van der Waals surface area contributed by atoms with Crippen LogP contribution in [0.3, 0.4) is 0 Å². The topological polar surface area (TPSA) is 75.6 Å². The van der Waals surface area contributed by atoms with Gasteiger partial charge in [-0.3, -0.25) is 0 Å². The first-order valence-electron chi connectivity index (χ1n) is 5.86. The van der Waals surface area contributed by atoms with Gasteiger partial charge in [0.25, 0.3) is 0 Å². The summed E-state index contributed by atoms with van der Waals surface area (Å²) in [5.41, 5.74) is 0. The maximum Gasteiger partial charge on any atom is 0.241 e. The molecule has 0 aliphatic heterocycles. The standard InChI is InChI=1S/C11H19NO4S2/c1-2-3-5-16-6-4-12-18(14,15)11-7-10(8-13)17-9-11/h7,9,12-13H,2-6,8H2,1H3. The summed E-state index contributed by atoms with van der Waals surface area (Å²) in [6, 6.07) is 1.48. The molecule has 0 unspecified atom stereocenters. The van der Waals surface area contributed by atoms with Crippen LogP contribution in [0, 0.1) is 0 Å². The first-order valence-corrected chi connectivity index (χ1v) is 8.22. The molecule has 1 aromatic heterocycles. The molecular formula is C11H19NO4S2. The Morgan fingerprint density at radius 3 is 2.83 bits per heavy atom. The fraction of sp³-hybridized carbons (Fsp3) is 0.636. The monoisotopic (exact) mass is 293 g/mol. The summed E-state index contributed by atoms with van der Waals surface area (Å²) < 4.78 is 31.3. The number of sulfonamides is 1. The molecule has 5 nitrogen and oxygen atoms in total. The molecule has 0 saturated carbocycles. The Morgan fingerprint density at radius 2 is 2.22 bits per heavy atom. The molecular weight excluding hydrogens is 274 g/mol. The highest BCUT2D eigenvalue weighted by atomic mass is 32.2. The van der Waals surface area contributed by atoms with E-state index in [-0.39, 0.29) is 18.0 Å². The molecule has 0 aliphatic carbocycles. The molecule has 2 N–H and O–H groups in total. The number of ether oxygens (including phenoxy) is 1. The van der Waals surface area contributed by atoms with Crippen LogP contribution in [0.2, 0.25) is 0 Å². The average molecular weight is 293 g/mol. The van der Waals surface area contributed by atoms with Gasteiger partial charge in [-0.25, -0.2) is 13.1 Å². The van der Waals surface area contributed by atoms with E-state index in [1.807, 2.05) is 0 Å². The van der Waals surface area contributed by atoms with E-state index in [4.69, 9.17) is 9.84 Å². The van der Waals surface area contributed by atoms with Gasteiger partial charge in [0.05, 0.1) is 18.1 Å². The maximum atomic E-state index is 11.8. The van der Waals surface area contributed by atoms with Crippen molar-refractivity contribution in [2.75, 3.05) is 19.8 Å². The molecule has 1 rings (SSSR count). The van der Waals surface area contributed by atoms with Gasteiger partial charge >= 0.3 is 0 Å². The van der Waals surface area contributed by atoms with Crippen molar-refractivity contribution >= 4 is 21.4 Å². The van der Waals surface area contributed by atoms with E-state index in [0.717, 1.165) is 12.8 Å². The van der Waals surface area contributed by atoms with Gasteiger partial charge in [-0.05, 0) is 12.5 Å². The van der Waals surface area contributed by atoms with E-state index in [1.54, 1.807) is 0 Å². The second kappa shape index (κ2) is 7.85. The lowest BCUT2D eigenvalue weighted by atomic mass is 10.4. The number of aliphatic hydroxyl groups excluding tert-OH is 1. The lowest BCUT2D eigenvalue weighted by molar-refractivity contribution is 0.136. The third-order valence-corrected chi connectivity index (χ3v) is 4.79. The van der Waals surface area contributed by atoms with E-state index >= 15 is 0 Å². The largest absolute Gasteiger partial charge is 0.391 e. The molecule has 18 heavy (non-hydrogen) atoms. The van der Waals surface area contributed by atoms with Crippen molar-refractivity contribution in [3.8, 4) is 0 Å². The van der Waals surface area contributed by atoms with Gasteiger partial charge in [-0.1, -0.05) is 13.3 Å². The van der Waals surface area contributed by atoms with Crippen molar-refractivity contribution in [1.82, 2.24) is 4.72 Å². The van der Waals surface area contributed by atoms with Crippen LogP contribution in [-0.4, -0.2) is 33.3 Å². The zero-order valence-corrected chi connectivity index (χ0v) is 12.0. The molecule has 0 amide bonds. The Balaban J connectivity index is 2.36. The predicted octanol–water partition coefficient (Wildman–Crippen LogP) is 1.34. The molecule has 0 aromatic carbocycles. The van der Waals surface area contributed by atoms with Gasteiger partial charge in [-0.15, -0.1) is 11.3 Å². The number of aliphatic hydroxyl groups is 1. The summed E-state index contributed by atoms with van der Waals surface area (Å²) in [5.74, 6) is 0. The molecule has 0 fully saturated rings. The number of rotatable bonds is 9. The second-order valence-electron chi connectivity index (χ2n) is 3.77. The summed E-state index contributed by atoms with van der Waals surface area (Å²) >= 11 is 1.23.